The lowest BCUT2D eigenvalue weighted by Crippen LogP contribution is -2.12. The molecule has 0 saturated heterocycles. The molecule has 3 rings (SSSR count). The van der Waals surface area contributed by atoms with Gasteiger partial charge in [0.05, 0.1) is 35.8 Å². The maximum Gasteiger partial charge on any atom is 0.338 e. The van der Waals surface area contributed by atoms with Gasteiger partial charge >= 0.3 is 5.97 Å². The Labute approximate surface area is 157 Å². The highest BCUT2D eigenvalue weighted by Gasteiger charge is 2.12. The van der Waals surface area contributed by atoms with E-state index < -0.39 is 5.97 Å². The van der Waals surface area contributed by atoms with Gasteiger partial charge in [-0.15, -0.1) is 0 Å². The van der Waals surface area contributed by atoms with Crippen molar-refractivity contribution in [2.75, 3.05) is 17.2 Å². The molecule has 0 radical (unpaired) electrons. The minimum atomic E-state index is -0.404. The van der Waals surface area contributed by atoms with Crippen LogP contribution in [0.25, 0.3) is 10.8 Å². The van der Waals surface area contributed by atoms with Crippen molar-refractivity contribution in [1.82, 2.24) is 4.98 Å². The van der Waals surface area contributed by atoms with Crippen LogP contribution < -0.4 is 10.6 Å². The van der Waals surface area contributed by atoms with E-state index in [-0.39, 0.29) is 5.91 Å². The number of amides is 1. The number of anilines is 2. The van der Waals surface area contributed by atoms with E-state index in [1.165, 1.54) is 6.92 Å². The monoisotopic (exact) mass is 363 g/mol. The van der Waals surface area contributed by atoms with Gasteiger partial charge in [0.25, 0.3) is 0 Å². The Morgan fingerprint density at radius 2 is 1.81 bits per heavy atom. The maximum atomic E-state index is 12.0. The molecular formula is C21H21N3O3. The third kappa shape index (κ3) is 4.61. The third-order valence-corrected chi connectivity index (χ3v) is 3.99. The van der Waals surface area contributed by atoms with Crippen LogP contribution >= 0.6 is 0 Å². The largest absolute Gasteiger partial charge is 0.462 e. The van der Waals surface area contributed by atoms with E-state index in [4.69, 9.17) is 4.74 Å². The quantitative estimate of drug-likeness (QED) is 0.648. The van der Waals surface area contributed by atoms with Gasteiger partial charge < -0.3 is 15.4 Å². The Kier molecular flexibility index (Phi) is 5.66. The minimum absolute atomic E-state index is 0.189. The summed E-state index contributed by atoms with van der Waals surface area (Å²) in [6.07, 6.45) is 1.83. The molecule has 0 spiro atoms. The first kappa shape index (κ1) is 18.4. The Bertz CT molecular complexity index is 985. The van der Waals surface area contributed by atoms with Gasteiger partial charge in [-0.2, -0.15) is 0 Å². The number of benzene rings is 2. The number of nitrogens with one attached hydrogen (secondary N) is 2. The first-order valence-corrected chi connectivity index (χ1v) is 8.73. The van der Waals surface area contributed by atoms with Crippen LogP contribution in [-0.2, 0) is 16.1 Å². The van der Waals surface area contributed by atoms with Gasteiger partial charge in [0.2, 0.25) is 5.91 Å². The van der Waals surface area contributed by atoms with Crippen LogP contribution in [0.5, 0.6) is 0 Å². The summed E-state index contributed by atoms with van der Waals surface area (Å²) in [6.45, 7) is 3.95. The fourth-order valence-electron chi connectivity index (χ4n) is 2.74. The molecule has 0 fully saturated rings. The highest BCUT2D eigenvalue weighted by molar-refractivity contribution is 5.96. The van der Waals surface area contributed by atoms with E-state index in [1.54, 1.807) is 25.1 Å². The molecule has 0 bridgehead atoms. The maximum absolute atomic E-state index is 12.0. The summed E-state index contributed by atoms with van der Waals surface area (Å²) in [4.78, 5) is 27.9. The molecule has 0 aliphatic heterocycles. The van der Waals surface area contributed by atoms with Crippen molar-refractivity contribution in [3.05, 3.63) is 66.0 Å². The summed E-state index contributed by atoms with van der Waals surface area (Å²) < 4.78 is 5.05. The van der Waals surface area contributed by atoms with Gasteiger partial charge in [-0.1, -0.05) is 24.3 Å². The molecule has 3 aromatic rings. The van der Waals surface area contributed by atoms with Crippen LogP contribution in [0.1, 0.15) is 29.9 Å². The predicted octanol–water partition coefficient (Wildman–Crippen LogP) is 3.98. The highest BCUT2D eigenvalue weighted by Crippen LogP contribution is 2.25. The first-order valence-electron chi connectivity index (χ1n) is 8.73. The van der Waals surface area contributed by atoms with Crippen molar-refractivity contribution in [2.24, 2.45) is 0 Å². The number of carbonyl (C=O) groups is 2. The zero-order valence-electron chi connectivity index (χ0n) is 15.3. The summed E-state index contributed by atoms with van der Waals surface area (Å²) in [5.41, 5.74) is 2.49. The summed E-state index contributed by atoms with van der Waals surface area (Å²) in [5, 5.41) is 8.19. The van der Waals surface area contributed by atoms with Crippen LogP contribution in [0.15, 0.2) is 54.7 Å². The minimum Gasteiger partial charge on any atom is -0.462 e. The lowest BCUT2D eigenvalue weighted by atomic mass is 10.1. The van der Waals surface area contributed by atoms with E-state index in [9.17, 15) is 9.59 Å². The van der Waals surface area contributed by atoms with Gasteiger partial charge in [0.15, 0.2) is 0 Å². The van der Waals surface area contributed by atoms with E-state index in [0.717, 1.165) is 16.5 Å². The Morgan fingerprint density at radius 3 is 2.56 bits per heavy atom. The first-order chi connectivity index (χ1) is 13.1. The van der Waals surface area contributed by atoms with Crippen LogP contribution in [0.3, 0.4) is 0 Å². The van der Waals surface area contributed by atoms with Crippen molar-refractivity contribution in [2.45, 2.75) is 20.4 Å². The molecule has 1 heterocycles. The number of rotatable bonds is 6. The molecule has 6 heteroatoms. The summed E-state index contributed by atoms with van der Waals surface area (Å²) in [6, 6.07) is 15.0. The average Bonchev–Trinajstić information content (AvgIpc) is 2.66. The second-order valence-corrected chi connectivity index (χ2v) is 6.04. The van der Waals surface area contributed by atoms with Crippen molar-refractivity contribution in [3.8, 4) is 0 Å². The van der Waals surface area contributed by atoms with Gasteiger partial charge in [0.1, 0.15) is 0 Å². The average molecular weight is 363 g/mol. The molecule has 138 valence electrons. The van der Waals surface area contributed by atoms with E-state index >= 15 is 0 Å². The summed E-state index contributed by atoms with van der Waals surface area (Å²) >= 11 is 0. The molecule has 0 unspecified atom stereocenters. The lowest BCUT2D eigenvalue weighted by molar-refractivity contribution is -0.114. The van der Waals surface area contributed by atoms with Crippen molar-refractivity contribution < 1.29 is 14.3 Å². The molecule has 1 aromatic heterocycles. The van der Waals surface area contributed by atoms with Crippen molar-refractivity contribution in [1.29, 1.82) is 0 Å². The molecule has 6 nitrogen and oxygen atoms in total. The number of carbonyl (C=O) groups excluding carboxylic acids is 2. The third-order valence-electron chi connectivity index (χ3n) is 3.99. The normalized spacial score (nSPS) is 10.4. The molecule has 2 N–H and O–H groups in total. The van der Waals surface area contributed by atoms with Crippen molar-refractivity contribution >= 4 is 34.0 Å². The van der Waals surface area contributed by atoms with Gasteiger partial charge in [0, 0.05) is 18.5 Å². The number of aromatic nitrogens is 1. The van der Waals surface area contributed by atoms with Gasteiger partial charge in [-0.25, -0.2) is 4.79 Å². The number of fused-ring (bicyclic) bond motifs is 1. The molecule has 0 aliphatic rings. The number of esters is 1. The van der Waals surface area contributed by atoms with E-state index in [2.05, 4.69) is 15.6 Å². The molecule has 2 aromatic carbocycles. The second kappa shape index (κ2) is 8.31. The molecule has 0 saturated carbocycles. The van der Waals surface area contributed by atoms with E-state index in [0.29, 0.717) is 30.1 Å². The van der Waals surface area contributed by atoms with Crippen LogP contribution in [-0.4, -0.2) is 23.5 Å². The SMILES string of the molecule is CCOC(=O)c1ccc(NC(C)=O)c(NCc2cc3ccccc3cn2)c1. The Hall–Kier alpha value is -3.41. The summed E-state index contributed by atoms with van der Waals surface area (Å²) in [7, 11) is 0. The number of ether oxygens (including phenoxy) is 1. The fraction of sp³-hybridized carbons (Fsp3) is 0.190. The highest BCUT2D eigenvalue weighted by atomic mass is 16.5. The second-order valence-electron chi connectivity index (χ2n) is 6.04. The molecule has 27 heavy (non-hydrogen) atoms. The molecule has 0 aliphatic carbocycles. The predicted molar refractivity (Wildman–Crippen MR) is 106 cm³/mol. The Morgan fingerprint density at radius 1 is 1.04 bits per heavy atom. The number of nitrogens with zero attached hydrogens (tertiary/aromatic N) is 1. The standard InChI is InChI=1S/C21H21N3O3/c1-3-27-21(26)16-8-9-19(24-14(2)25)20(11-16)23-13-18-10-15-6-4-5-7-17(15)12-22-18/h4-12,23H,3,13H2,1-2H3,(H,24,25). The number of pyridine rings is 1. The fourth-order valence-corrected chi connectivity index (χ4v) is 2.74. The lowest BCUT2D eigenvalue weighted by Gasteiger charge is -2.14. The zero-order chi connectivity index (χ0) is 19.2. The van der Waals surface area contributed by atoms with Gasteiger partial charge in [-0.05, 0) is 36.6 Å². The summed E-state index contributed by atoms with van der Waals surface area (Å²) in [5.74, 6) is -0.593. The topological polar surface area (TPSA) is 80.3 Å². The zero-order valence-corrected chi connectivity index (χ0v) is 15.3. The van der Waals surface area contributed by atoms with Crippen LogP contribution in [0, 0.1) is 0 Å². The van der Waals surface area contributed by atoms with E-state index in [1.807, 2.05) is 36.5 Å². The van der Waals surface area contributed by atoms with Crippen LogP contribution in [0.4, 0.5) is 11.4 Å². The number of hydrogen-bond donors (Lipinski definition) is 2. The molecular weight excluding hydrogens is 342 g/mol. The molecule has 1 amide bonds. The smallest absolute Gasteiger partial charge is 0.338 e. The van der Waals surface area contributed by atoms with Crippen LogP contribution in [0.2, 0.25) is 0 Å². The number of hydrogen-bond acceptors (Lipinski definition) is 5. The van der Waals surface area contributed by atoms with Crippen molar-refractivity contribution in [3.63, 3.8) is 0 Å². The van der Waals surface area contributed by atoms with Gasteiger partial charge in [-0.3, -0.25) is 9.78 Å². The molecule has 0 atom stereocenters. The Balaban J connectivity index is 1.84.